The van der Waals surface area contributed by atoms with Crippen LogP contribution in [-0.4, -0.2) is 28.3 Å². The Labute approximate surface area is 109 Å². The van der Waals surface area contributed by atoms with Crippen molar-refractivity contribution >= 4 is 15.7 Å². The van der Waals surface area contributed by atoms with Crippen LogP contribution in [0.15, 0.2) is 24.3 Å². The van der Waals surface area contributed by atoms with Crippen molar-refractivity contribution in [1.29, 1.82) is 0 Å². The van der Waals surface area contributed by atoms with Gasteiger partial charge in [-0.05, 0) is 44.0 Å². The highest BCUT2D eigenvalue weighted by atomic mass is 32.2. The number of nitrogens with zero attached hydrogens (tertiary/aromatic N) is 1. The highest BCUT2D eigenvalue weighted by molar-refractivity contribution is 7.92. The van der Waals surface area contributed by atoms with Crippen LogP contribution in [0.25, 0.3) is 0 Å². The Bertz CT molecular complexity index is 534. The Kier molecular flexibility index (Phi) is 3.38. The molecule has 1 aliphatic heterocycles. The lowest BCUT2D eigenvalue weighted by Gasteiger charge is -2.27. The van der Waals surface area contributed by atoms with E-state index in [-0.39, 0.29) is 5.54 Å². The molecule has 100 valence electrons. The molecule has 0 aromatic heterocycles. The van der Waals surface area contributed by atoms with Gasteiger partial charge in [-0.2, -0.15) is 0 Å². The molecule has 1 unspecified atom stereocenters. The molecule has 1 aromatic rings. The zero-order valence-corrected chi connectivity index (χ0v) is 11.9. The SMILES string of the molecule is CN(c1cccc(C2(C)CCCN2)c1)S(C)(=O)=O. The number of nitrogens with one attached hydrogen (secondary N) is 1. The molecule has 2 rings (SSSR count). The van der Waals surface area contributed by atoms with Gasteiger partial charge in [-0.1, -0.05) is 12.1 Å². The molecule has 4 nitrogen and oxygen atoms in total. The maximum atomic E-state index is 11.6. The summed E-state index contributed by atoms with van der Waals surface area (Å²) < 4.78 is 24.4. The molecule has 1 aliphatic rings. The van der Waals surface area contributed by atoms with Gasteiger partial charge in [0.1, 0.15) is 0 Å². The third-order valence-electron chi connectivity index (χ3n) is 3.71. The lowest BCUT2D eigenvalue weighted by atomic mass is 9.90. The fraction of sp³-hybridized carbons (Fsp3) is 0.538. The van der Waals surface area contributed by atoms with E-state index in [4.69, 9.17) is 0 Å². The van der Waals surface area contributed by atoms with E-state index in [0.717, 1.165) is 24.9 Å². The minimum atomic E-state index is -3.20. The van der Waals surface area contributed by atoms with Crippen LogP contribution in [0.5, 0.6) is 0 Å². The Hall–Kier alpha value is -1.07. The molecule has 5 heteroatoms. The standard InChI is InChI=1S/C13H20N2O2S/c1-13(8-5-9-14-13)11-6-4-7-12(10-11)15(2)18(3,16)17/h4,6-7,10,14H,5,8-9H2,1-3H3. The Morgan fingerprint density at radius 1 is 1.39 bits per heavy atom. The zero-order chi connectivity index (χ0) is 13.4. The number of hydrogen-bond donors (Lipinski definition) is 1. The van der Waals surface area contributed by atoms with Gasteiger partial charge >= 0.3 is 0 Å². The van der Waals surface area contributed by atoms with E-state index in [1.54, 1.807) is 7.05 Å². The Morgan fingerprint density at radius 3 is 2.67 bits per heavy atom. The van der Waals surface area contributed by atoms with E-state index in [1.165, 1.54) is 10.6 Å². The van der Waals surface area contributed by atoms with Crippen molar-refractivity contribution in [2.45, 2.75) is 25.3 Å². The van der Waals surface area contributed by atoms with E-state index < -0.39 is 10.0 Å². The van der Waals surface area contributed by atoms with Crippen LogP contribution in [-0.2, 0) is 15.6 Å². The van der Waals surface area contributed by atoms with Crippen LogP contribution in [0, 0.1) is 0 Å². The number of rotatable bonds is 3. The summed E-state index contributed by atoms with van der Waals surface area (Å²) in [5.74, 6) is 0. The molecule has 0 aliphatic carbocycles. The predicted molar refractivity (Wildman–Crippen MR) is 74.3 cm³/mol. The second-order valence-electron chi connectivity index (χ2n) is 5.14. The van der Waals surface area contributed by atoms with Crippen molar-refractivity contribution in [3.05, 3.63) is 29.8 Å². The van der Waals surface area contributed by atoms with Gasteiger partial charge in [0.15, 0.2) is 0 Å². The average molecular weight is 268 g/mol. The van der Waals surface area contributed by atoms with Gasteiger partial charge in [-0.15, -0.1) is 0 Å². The Morgan fingerprint density at radius 2 is 2.11 bits per heavy atom. The van der Waals surface area contributed by atoms with Gasteiger partial charge in [0.25, 0.3) is 0 Å². The highest BCUT2D eigenvalue weighted by Gasteiger charge is 2.30. The summed E-state index contributed by atoms with van der Waals surface area (Å²) in [5.41, 5.74) is 1.83. The lowest BCUT2D eigenvalue weighted by Crippen LogP contribution is -2.33. The molecule has 0 radical (unpaired) electrons. The molecule has 0 amide bonds. The van der Waals surface area contributed by atoms with E-state index >= 15 is 0 Å². The Balaban J connectivity index is 2.36. The van der Waals surface area contributed by atoms with Gasteiger partial charge < -0.3 is 5.32 Å². The largest absolute Gasteiger partial charge is 0.308 e. The topological polar surface area (TPSA) is 49.4 Å². The van der Waals surface area contributed by atoms with Crippen molar-refractivity contribution < 1.29 is 8.42 Å². The second kappa shape index (κ2) is 4.55. The number of anilines is 1. The molecular formula is C13H20N2O2S. The summed E-state index contributed by atoms with van der Waals surface area (Å²) in [4.78, 5) is 0. The predicted octanol–water partition coefficient (Wildman–Crippen LogP) is 1.68. The van der Waals surface area contributed by atoms with Crippen molar-refractivity contribution in [1.82, 2.24) is 5.32 Å². The molecule has 0 spiro atoms. The van der Waals surface area contributed by atoms with Crippen LogP contribution < -0.4 is 9.62 Å². The third-order valence-corrected chi connectivity index (χ3v) is 4.92. The van der Waals surface area contributed by atoms with Gasteiger partial charge in [-0.3, -0.25) is 4.31 Å². The van der Waals surface area contributed by atoms with Crippen molar-refractivity contribution in [3.8, 4) is 0 Å². The number of benzene rings is 1. The molecular weight excluding hydrogens is 248 g/mol. The maximum absolute atomic E-state index is 11.6. The zero-order valence-electron chi connectivity index (χ0n) is 11.1. The van der Waals surface area contributed by atoms with Crippen LogP contribution in [0.2, 0.25) is 0 Å². The first-order valence-electron chi connectivity index (χ1n) is 6.12. The summed E-state index contributed by atoms with van der Waals surface area (Å²) in [6.07, 6.45) is 3.46. The summed E-state index contributed by atoms with van der Waals surface area (Å²) in [7, 11) is -1.62. The highest BCUT2D eigenvalue weighted by Crippen LogP contribution is 2.32. The molecule has 18 heavy (non-hydrogen) atoms. The van der Waals surface area contributed by atoms with Crippen LogP contribution >= 0.6 is 0 Å². The third kappa shape index (κ3) is 2.52. The minimum absolute atomic E-state index is 0.0334. The smallest absolute Gasteiger partial charge is 0.231 e. The molecule has 1 heterocycles. The monoisotopic (exact) mass is 268 g/mol. The van der Waals surface area contributed by atoms with Crippen molar-refractivity contribution in [3.63, 3.8) is 0 Å². The number of sulfonamides is 1. The summed E-state index contributed by atoms with van der Waals surface area (Å²) in [5, 5.41) is 3.49. The van der Waals surface area contributed by atoms with E-state index in [0.29, 0.717) is 5.69 Å². The molecule has 1 fully saturated rings. The summed E-state index contributed by atoms with van der Waals surface area (Å²) in [6, 6.07) is 7.75. The van der Waals surface area contributed by atoms with E-state index in [1.807, 2.05) is 18.2 Å². The van der Waals surface area contributed by atoms with Gasteiger partial charge in [0.05, 0.1) is 11.9 Å². The fourth-order valence-corrected chi connectivity index (χ4v) is 2.87. The van der Waals surface area contributed by atoms with Crippen LogP contribution in [0.1, 0.15) is 25.3 Å². The first-order chi connectivity index (χ1) is 8.33. The number of hydrogen-bond acceptors (Lipinski definition) is 3. The molecule has 1 saturated heterocycles. The molecule has 0 saturated carbocycles. The fourth-order valence-electron chi connectivity index (χ4n) is 2.38. The molecule has 1 atom stereocenters. The normalized spacial score (nSPS) is 24.2. The van der Waals surface area contributed by atoms with E-state index in [9.17, 15) is 8.42 Å². The average Bonchev–Trinajstić information content (AvgIpc) is 2.75. The summed E-state index contributed by atoms with van der Waals surface area (Å²) in [6.45, 7) is 3.18. The van der Waals surface area contributed by atoms with Gasteiger partial charge in [-0.25, -0.2) is 8.42 Å². The quantitative estimate of drug-likeness (QED) is 0.907. The van der Waals surface area contributed by atoms with E-state index in [2.05, 4.69) is 18.3 Å². The lowest BCUT2D eigenvalue weighted by molar-refractivity contribution is 0.435. The molecule has 1 N–H and O–H groups in total. The van der Waals surface area contributed by atoms with Gasteiger partial charge in [0.2, 0.25) is 10.0 Å². The minimum Gasteiger partial charge on any atom is -0.308 e. The molecule has 0 bridgehead atoms. The van der Waals surface area contributed by atoms with Crippen molar-refractivity contribution in [2.24, 2.45) is 0 Å². The van der Waals surface area contributed by atoms with Crippen molar-refractivity contribution in [2.75, 3.05) is 24.2 Å². The first-order valence-corrected chi connectivity index (χ1v) is 7.97. The van der Waals surface area contributed by atoms with Crippen LogP contribution in [0.4, 0.5) is 5.69 Å². The summed E-state index contributed by atoms with van der Waals surface area (Å²) >= 11 is 0. The maximum Gasteiger partial charge on any atom is 0.231 e. The van der Waals surface area contributed by atoms with Crippen LogP contribution in [0.3, 0.4) is 0 Å². The molecule has 1 aromatic carbocycles. The van der Waals surface area contributed by atoms with Gasteiger partial charge in [0, 0.05) is 12.6 Å². The second-order valence-corrected chi connectivity index (χ2v) is 7.16. The first kappa shape index (κ1) is 13.4.